The second-order valence-corrected chi connectivity index (χ2v) is 7.11. The van der Waals surface area contributed by atoms with Crippen molar-refractivity contribution < 1.29 is 14.7 Å². The van der Waals surface area contributed by atoms with E-state index in [0.29, 0.717) is 11.3 Å². The number of carboxylic acid groups (broad SMARTS) is 1. The summed E-state index contributed by atoms with van der Waals surface area (Å²) in [6, 6.07) is 1.73. The summed E-state index contributed by atoms with van der Waals surface area (Å²) in [6.45, 7) is 7.67. The molecule has 0 saturated carbocycles. The summed E-state index contributed by atoms with van der Waals surface area (Å²) >= 11 is 1.37. The molecule has 0 radical (unpaired) electrons. The molecular weight excluding hydrogens is 314 g/mol. The maximum Gasteiger partial charge on any atom is 0.323 e. The average Bonchev–Trinajstić information content (AvgIpc) is 3.04. The third-order valence-corrected chi connectivity index (χ3v) is 5.18. The summed E-state index contributed by atoms with van der Waals surface area (Å²) in [5, 5.41) is 14.6. The van der Waals surface area contributed by atoms with E-state index in [1.165, 1.54) is 16.2 Å². The minimum atomic E-state index is -0.996. The number of carbonyl (C=O) groups excluding carboxylic acids is 1. The van der Waals surface area contributed by atoms with Gasteiger partial charge in [0, 0.05) is 18.5 Å². The van der Waals surface area contributed by atoms with E-state index in [4.69, 9.17) is 5.11 Å². The Bertz CT molecular complexity index is 732. The SMILES string of the molecule is CCC(C)N(CC(=O)O)C(=O)c1cc2c(C(C)C)nn(C)c2s1. The first-order chi connectivity index (χ1) is 10.8. The highest BCUT2D eigenvalue weighted by atomic mass is 32.1. The molecule has 1 atom stereocenters. The highest BCUT2D eigenvalue weighted by molar-refractivity contribution is 7.20. The monoisotopic (exact) mass is 337 g/mol. The smallest absolute Gasteiger partial charge is 0.323 e. The van der Waals surface area contributed by atoms with Crippen LogP contribution < -0.4 is 0 Å². The topological polar surface area (TPSA) is 75.4 Å². The fourth-order valence-electron chi connectivity index (χ4n) is 2.53. The second-order valence-electron chi connectivity index (χ2n) is 6.08. The lowest BCUT2D eigenvalue weighted by Gasteiger charge is -2.26. The molecule has 0 aliphatic heterocycles. The van der Waals surface area contributed by atoms with Gasteiger partial charge in [0.15, 0.2) is 0 Å². The molecule has 0 spiro atoms. The highest BCUT2D eigenvalue weighted by Gasteiger charge is 2.26. The number of aliphatic carboxylic acids is 1. The van der Waals surface area contributed by atoms with E-state index >= 15 is 0 Å². The minimum absolute atomic E-state index is 0.119. The van der Waals surface area contributed by atoms with Gasteiger partial charge in [-0.1, -0.05) is 20.8 Å². The van der Waals surface area contributed by atoms with Gasteiger partial charge in [-0.2, -0.15) is 5.10 Å². The summed E-state index contributed by atoms with van der Waals surface area (Å²) in [6.07, 6.45) is 0.711. The van der Waals surface area contributed by atoms with Crippen molar-refractivity contribution in [1.82, 2.24) is 14.7 Å². The maximum atomic E-state index is 12.8. The molecule has 1 amide bonds. The standard InChI is InChI=1S/C16H23N3O3S/c1-6-10(4)19(8-13(20)21)15(22)12-7-11-14(9(2)3)17-18(5)16(11)23-12/h7,9-10H,6,8H2,1-5H3,(H,20,21). The Kier molecular flexibility index (Phi) is 5.09. The zero-order valence-corrected chi connectivity index (χ0v) is 15.0. The van der Waals surface area contributed by atoms with Gasteiger partial charge in [-0.15, -0.1) is 11.3 Å². The van der Waals surface area contributed by atoms with E-state index in [-0.39, 0.29) is 24.4 Å². The fourth-order valence-corrected chi connectivity index (χ4v) is 3.57. The van der Waals surface area contributed by atoms with Crippen molar-refractivity contribution in [2.45, 2.75) is 46.1 Å². The van der Waals surface area contributed by atoms with Crippen LogP contribution in [0.3, 0.4) is 0 Å². The molecule has 2 heterocycles. The minimum Gasteiger partial charge on any atom is -0.480 e. The van der Waals surface area contributed by atoms with Gasteiger partial charge in [0.05, 0.1) is 10.6 Å². The Labute approximate surface area is 139 Å². The number of hydrogen-bond donors (Lipinski definition) is 1. The number of carbonyl (C=O) groups is 2. The molecule has 0 bridgehead atoms. The molecule has 6 nitrogen and oxygen atoms in total. The van der Waals surface area contributed by atoms with Crippen molar-refractivity contribution in [3.63, 3.8) is 0 Å². The van der Waals surface area contributed by atoms with Crippen molar-refractivity contribution in [2.75, 3.05) is 6.54 Å². The highest BCUT2D eigenvalue weighted by Crippen LogP contribution is 2.32. The molecule has 7 heteroatoms. The van der Waals surface area contributed by atoms with Crippen molar-refractivity contribution >= 4 is 33.4 Å². The number of amides is 1. The normalized spacial score (nSPS) is 12.8. The van der Waals surface area contributed by atoms with Gasteiger partial charge in [0.1, 0.15) is 11.4 Å². The van der Waals surface area contributed by atoms with E-state index in [1.54, 1.807) is 4.68 Å². The van der Waals surface area contributed by atoms with E-state index in [9.17, 15) is 9.59 Å². The molecule has 0 aliphatic rings. The van der Waals surface area contributed by atoms with Crippen molar-refractivity contribution in [3.05, 3.63) is 16.6 Å². The Morgan fingerprint density at radius 1 is 1.39 bits per heavy atom. The molecule has 2 aromatic heterocycles. The number of fused-ring (bicyclic) bond motifs is 1. The van der Waals surface area contributed by atoms with E-state index in [2.05, 4.69) is 18.9 Å². The Hall–Kier alpha value is -1.89. The molecule has 23 heavy (non-hydrogen) atoms. The second kappa shape index (κ2) is 6.70. The summed E-state index contributed by atoms with van der Waals surface area (Å²) < 4.78 is 1.79. The summed E-state index contributed by atoms with van der Waals surface area (Å²) in [4.78, 5) is 26.8. The fraction of sp³-hybridized carbons (Fsp3) is 0.562. The van der Waals surface area contributed by atoms with Crippen LogP contribution in [0, 0.1) is 0 Å². The summed E-state index contributed by atoms with van der Waals surface area (Å²) in [7, 11) is 1.86. The first kappa shape index (κ1) is 17.5. The first-order valence-electron chi connectivity index (χ1n) is 7.75. The van der Waals surface area contributed by atoms with Crippen LogP contribution in [-0.4, -0.2) is 44.3 Å². The molecule has 0 aromatic carbocycles. The molecular formula is C16H23N3O3S. The van der Waals surface area contributed by atoms with Crippen molar-refractivity contribution in [3.8, 4) is 0 Å². The van der Waals surface area contributed by atoms with Crippen LogP contribution >= 0.6 is 11.3 Å². The van der Waals surface area contributed by atoms with Crippen molar-refractivity contribution in [2.24, 2.45) is 7.05 Å². The van der Waals surface area contributed by atoms with Crippen LogP contribution in [0.4, 0.5) is 0 Å². The van der Waals surface area contributed by atoms with Crippen LogP contribution in [0.15, 0.2) is 6.07 Å². The number of nitrogens with zero attached hydrogens (tertiary/aromatic N) is 3. The van der Waals surface area contributed by atoms with Gasteiger partial charge >= 0.3 is 5.97 Å². The number of thiophene rings is 1. The molecule has 126 valence electrons. The number of hydrogen-bond acceptors (Lipinski definition) is 4. The third kappa shape index (κ3) is 3.39. The first-order valence-corrected chi connectivity index (χ1v) is 8.57. The van der Waals surface area contributed by atoms with Gasteiger partial charge in [-0.05, 0) is 25.3 Å². The zero-order valence-electron chi connectivity index (χ0n) is 14.2. The molecule has 2 rings (SSSR count). The van der Waals surface area contributed by atoms with Gasteiger partial charge in [-0.25, -0.2) is 0 Å². The van der Waals surface area contributed by atoms with Gasteiger partial charge in [0.25, 0.3) is 5.91 Å². The quantitative estimate of drug-likeness (QED) is 0.879. The van der Waals surface area contributed by atoms with Crippen LogP contribution in [-0.2, 0) is 11.8 Å². The zero-order chi connectivity index (χ0) is 17.3. The largest absolute Gasteiger partial charge is 0.480 e. The van der Waals surface area contributed by atoms with E-state index in [1.807, 2.05) is 27.0 Å². The molecule has 0 fully saturated rings. The Morgan fingerprint density at radius 3 is 2.57 bits per heavy atom. The molecule has 0 aliphatic carbocycles. The van der Waals surface area contributed by atoms with Gasteiger partial charge in [0.2, 0.25) is 0 Å². The van der Waals surface area contributed by atoms with Crippen LogP contribution in [0.1, 0.15) is 55.4 Å². The number of aromatic nitrogens is 2. The third-order valence-electron chi connectivity index (χ3n) is 3.99. The average molecular weight is 337 g/mol. The van der Waals surface area contributed by atoms with Crippen LogP contribution in [0.5, 0.6) is 0 Å². The number of rotatable bonds is 6. The predicted molar refractivity (Wildman–Crippen MR) is 91.1 cm³/mol. The lowest BCUT2D eigenvalue weighted by atomic mass is 10.1. The molecule has 0 saturated heterocycles. The number of aryl methyl sites for hydroxylation is 1. The summed E-state index contributed by atoms with van der Waals surface area (Å²) in [5.74, 6) is -0.956. The van der Waals surface area contributed by atoms with Crippen LogP contribution in [0.2, 0.25) is 0 Å². The predicted octanol–water partition coefficient (Wildman–Crippen LogP) is 3.08. The molecule has 1 N–H and O–H groups in total. The Morgan fingerprint density at radius 2 is 2.04 bits per heavy atom. The number of carboxylic acids is 1. The molecule has 2 aromatic rings. The van der Waals surface area contributed by atoms with Crippen LogP contribution in [0.25, 0.3) is 10.2 Å². The molecule has 1 unspecified atom stereocenters. The lowest BCUT2D eigenvalue weighted by molar-refractivity contribution is -0.138. The Balaban J connectivity index is 2.43. The van der Waals surface area contributed by atoms with Gasteiger partial charge < -0.3 is 10.0 Å². The summed E-state index contributed by atoms with van der Waals surface area (Å²) in [5.41, 5.74) is 0.964. The maximum absolute atomic E-state index is 12.8. The van der Waals surface area contributed by atoms with E-state index < -0.39 is 5.97 Å². The van der Waals surface area contributed by atoms with Gasteiger partial charge in [-0.3, -0.25) is 14.3 Å². The van der Waals surface area contributed by atoms with Crippen molar-refractivity contribution in [1.29, 1.82) is 0 Å². The van der Waals surface area contributed by atoms with E-state index in [0.717, 1.165) is 15.9 Å². The lowest BCUT2D eigenvalue weighted by Crippen LogP contribution is -2.41.